The second-order valence-corrected chi connectivity index (χ2v) is 10.3. The average molecular weight is 552 g/mol. The van der Waals surface area contributed by atoms with Crippen molar-refractivity contribution < 1.29 is 23.8 Å². The second kappa shape index (κ2) is 11.1. The van der Waals surface area contributed by atoms with Gasteiger partial charge in [-0.25, -0.2) is 4.79 Å². The lowest BCUT2D eigenvalue weighted by atomic mass is 9.96. The molecule has 38 heavy (non-hydrogen) atoms. The number of ketones is 1. The molecule has 3 aromatic carbocycles. The van der Waals surface area contributed by atoms with Gasteiger partial charge in [-0.05, 0) is 79.3 Å². The highest BCUT2D eigenvalue weighted by Gasteiger charge is 2.34. The van der Waals surface area contributed by atoms with E-state index in [2.05, 4.69) is 0 Å². The molecule has 0 spiro atoms. The summed E-state index contributed by atoms with van der Waals surface area (Å²) in [6.07, 6.45) is 3.12. The summed E-state index contributed by atoms with van der Waals surface area (Å²) >= 11 is 12.7. The minimum Gasteiger partial charge on any atom is -0.489 e. The van der Waals surface area contributed by atoms with E-state index in [0.717, 1.165) is 42.6 Å². The van der Waals surface area contributed by atoms with E-state index in [0.29, 0.717) is 32.5 Å². The van der Waals surface area contributed by atoms with E-state index >= 15 is 0 Å². The smallest absolute Gasteiger partial charge is 0.337 e. The van der Waals surface area contributed by atoms with Crippen LogP contribution in [0.1, 0.15) is 52.4 Å². The molecule has 2 N–H and O–H groups in total. The predicted octanol–water partition coefficient (Wildman–Crippen LogP) is 6.57. The third-order valence-electron chi connectivity index (χ3n) is 6.86. The molecule has 1 aliphatic heterocycles. The topological polar surface area (TPSA) is 87.9 Å². The number of aryl methyl sites for hydroxylation is 1. The molecule has 1 unspecified atom stereocenters. The molecule has 6 nitrogen and oxygen atoms in total. The highest BCUT2D eigenvalue weighted by Crippen LogP contribution is 2.38. The molecule has 1 aliphatic carbocycles. The van der Waals surface area contributed by atoms with Gasteiger partial charge in [0.2, 0.25) is 0 Å². The van der Waals surface area contributed by atoms with E-state index in [9.17, 15) is 9.59 Å². The number of halogens is 2. The number of carbonyl (C=O) groups excluding carboxylic acids is 2. The number of nitrogens with two attached hydrogens (primary N) is 1. The van der Waals surface area contributed by atoms with Gasteiger partial charge in [0.05, 0.1) is 34.0 Å². The van der Waals surface area contributed by atoms with Crippen molar-refractivity contribution in [1.29, 1.82) is 0 Å². The number of Topliss-reactive ketones (excluding diaryl/α,β-unsaturated/α-hetero) is 1. The monoisotopic (exact) mass is 551 g/mol. The molecule has 0 radical (unpaired) electrons. The summed E-state index contributed by atoms with van der Waals surface area (Å²) in [6, 6.07) is 18.1. The zero-order valence-electron chi connectivity index (χ0n) is 20.8. The van der Waals surface area contributed by atoms with Crippen molar-refractivity contribution in [3.05, 3.63) is 98.5 Å². The van der Waals surface area contributed by atoms with Crippen LogP contribution in [-0.2, 0) is 16.0 Å². The Kier molecular flexibility index (Phi) is 7.63. The third kappa shape index (κ3) is 5.52. The molecule has 0 aromatic heterocycles. The first-order valence-electron chi connectivity index (χ1n) is 12.4. The quantitative estimate of drug-likeness (QED) is 0.251. The maximum Gasteiger partial charge on any atom is 0.337 e. The summed E-state index contributed by atoms with van der Waals surface area (Å²) in [5, 5.41) is 0.770. The van der Waals surface area contributed by atoms with Gasteiger partial charge in [-0.1, -0.05) is 41.4 Å². The van der Waals surface area contributed by atoms with E-state index in [4.69, 9.17) is 43.1 Å². The van der Waals surface area contributed by atoms with Gasteiger partial charge in [0.15, 0.2) is 5.78 Å². The first kappa shape index (κ1) is 26.1. The van der Waals surface area contributed by atoms with E-state index in [1.165, 1.54) is 7.11 Å². The van der Waals surface area contributed by atoms with Crippen LogP contribution >= 0.6 is 23.2 Å². The summed E-state index contributed by atoms with van der Waals surface area (Å²) in [5.41, 5.74) is 10.0. The van der Waals surface area contributed by atoms with Crippen LogP contribution in [0.25, 0.3) is 5.70 Å². The first-order valence-corrected chi connectivity index (χ1v) is 13.2. The number of rotatable bonds is 8. The van der Waals surface area contributed by atoms with Crippen LogP contribution < -0.4 is 15.2 Å². The van der Waals surface area contributed by atoms with Crippen LogP contribution in [-0.4, -0.2) is 25.5 Å². The van der Waals surface area contributed by atoms with Crippen molar-refractivity contribution in [2.45, 2.75) is 31.8 Å². The number of hydrogen-bond acceptors (Lipinski definition) is 6. The number of hydrogen-bond donors (Lipinski definition) is 1. The van der Waals surface area contributed by atoms with Crippen molar-refractivity contribution in [1.82, 2.24) is 0 Å². The Morgan fingerprint density at radius 1 is 1.00 bits per heavy atom. The average Bonchev–Trinajstić information content (AvgIpc) is 3.78. The van der Waals surface area contributed by atoms with Crippen LogP contribution in [0, 0.1) is 5.92 Å². The summed E-state index contributed by atoms with van der Waals surface area (Å²) in [4.78, 5) is 24.9. The van der Waals surface area contributed by atoms with Crippen molar-refractivity contribution in [3.8, 4) is 11.5 Å². The second-order valence-electron chi connectivity index (χ2n) is 9.44. The molecule has 0 bridgehead atoms. The number of carbonyl (C=O) groups is 2. The van der Waals surface area contributed by atoms with Gasteiger partial charge in [0, 0.05) is 11.5 Å². The number of benzene rings is 3. The van der Waals surface area contributed by atoms with Crippen LogP contribution in [0.5, 0.6) is 11.5 Å². The maximum atomic E-state index is 13.1. The Hall–Kier alpha value is -3.48. The van der Waals surface area contributed by atoms with Crippen molar-refractivity contribution >= 4 is 40.7 Å². The lowest BCUT2D eigenvalue weighted by molar-refractivity contribution is -0.116. The molecule has 1 heterocycles. The van der Waals surface area contributed by atoms with Crippen molar-refractivity contribution in [3.63, 3.8) is 0 Å². The summed E-state index contributed by atoms with van der Waals surface area (Å²) in [6.45, 7) is 0.0118. The van der Waals surface area contributed by atoms with Gasteiger partial charge in [-0.2, -0.15) is 0 Å². The van der Waals surface area contributed by atoms with Gasteiger partial charge in [0.25, 0.3) is 0 Å². The molecular weight excluding hydrogens is 525 g/mol. The lowest BCUT2D eigenvalue weighted by Gasteiger charge is -2.27. The van der Waals surface area contributed by atoms with E-state index in [-0.39, 0.29) is 36.1 Å². The van der Waals surface area contributed by atoms with Gasteiger partial charge >= 0.3 is 5.97 Å². The number of ether oxygens (including phenoxy) is 3. The highest BCUT2D eigenvalue weighted by atomic mass is 35.5. The first-order chi connectivity index (χ1) is 18.4. The van der Waals surface area contributed by atoms with Gasteiger partial charge < -0.3 is 19.9 Å². The van der Waals surface area contributed by atoms with Crippen LogP contribution in [0.15, 0.2) is 66.2 Å². The van der Waals surface area contributed by atoms with Crippen LogP contribution in [0.4, 0.5) is 0 Å². The zero-order valence-corrected chi connectivity index (χ0v) is 22.4. The largest absolute Gasteiger partial charge is 0.489 e. The van der Waals surface area contributed by atoms with E-state index < -0.39 is 0 Å². The highest BCUT2D eigenvalue weighted by molar-refractivity contribution is 6.37. The standard InChI is InChI=1S/C30H27Cl2NO5/c1-36-30(35)20-10-14-26-19(15-20)9-13-25(38-26)17-7-11-21(12-8-17)37-16-22(29(34)18-5-6-18)28(33)27-23(31)3-2-4-24(27)32/h2-4,7-8,10-12,14-15,18,25H,5-6,9,13,16,33H2,1H3. The molecule has 8 heteroatoms. The van der Waals surface area contributed by atoms with E-state index in [1.807, 2.05) is 36.4 Å². The van der Waals surface area contributed by atoms with E-state index in [1.54, 1.807) is 24.3 Å². The van der Waals surface area contributed by atoms with Gasteiger partial charge in [-0.15, -0.1) is 0 Å². The summed E-state index contributed by atoms with van der Waals surface area (Å²) in [7, 11) is 1.37. The molecule has 0 amide bonds. The lowest BCUT2D eigenvalue weighted by Crippen LogP contribution is -2.19. The number of methoxy groups -OCH3 is 1. The molecule has 1 atom stereocenters. The predicted molar refractivity (Wildman–Crippen MR) is 147 cm³/mol. The van der Waals surface area contributed by atoms with Crippen molar-refractivity contribution in [2.24, 2.45) is 11.7 Å². The fourth-order valence-corrected chi connectivity index (χ4v) is 5.18. The normalized spacial score (nSPS) is 17.1. The number of esters is 1. The molecule has 3 aromatic rings. The van der Waals surface area contributed by atoms with Gasteiger partial charge in [-0.3, -0.25) is 4.79 Å². The molecular formula is C30H27Cl2NO5. The Bertz CT molecular complexity index is 1390. The van der Waals surface area contributed by atoms with Gasteiger partial charge in [0.1, 0.15) is 24.2 Å². The minimum atomic E-state index is -0.362. The fraction of sp³-hybridized carbons (Fsp3) is 0.267. The maximum absolute atomic E-state index is 13.1. The molecule has 2 aliphatic rings. The summed E-state index contributed by atoms with van der Waals surface area (Å²) < 4.78 is 17.0. The molecule has 1 fully saturated rings. The van der Waals surface area contributed by atoms with Crippen LogP contribution in [0.3, 0.4) is 0 Å². The Balaban J connectivity index is 1.29. The van der Waals surface area contributed by atoms with Crippen LogP contribution in [0.2, 0.25) is 10.0 Å². The SMILES string of the molecule is COC(=O)c1ccc2c(c1)CCC(c1ccc(OCC(C(=O)C3CC3)=C(N)c3c(Cl)cccc3Cl)cc1)O2. The zero-order chi connectivity index (χ0) is 26.8. The molecule has 196 valence electrons. The van der Waals surface area contributed by atoms with Crippen molar-refractivity contribution in [2.75, 3.05) is 13.7 Å². The summed E-state index contributed by atoms with van der Waals surface area (Å²) in [5.74, 6) is 0.938. The Morgan fingerprint density at radius 3 is 2.37 bits per heavy atom. The fourth-order valence-electron chi connectivity index (χ4n) is 4.58. The third-order valence-corrected chi connectivity index (χ3v) is 7.49. The minimum absolute atomic E-state index is 0.0118. The number of fused-ring (bicyclic) bond motifs is 1. The molecule has 1 saturated carbocycles. The molecule has 5 rings (SSSR count). The molecule has 0 saturated heterocycles. The Labute approximate surface area is 231 Å². The Morgan fingerprint density at radius 2 is 1.71 bits per heavy atom.